The fraction of sp³-hybridized carbons (Fsp3) is 0.188. The van der Waals surface area contributed by atoms with Gasteiger partial charge < -0.3 is 11.1 Å². The van der Waals surface area contributed by atoms with Crippen molar-refractivity contribution in [1.82, 2.24) is 0 Å². The second kappa shape index (κ2) is 5.74. The van der Waals surface area contributed by atoms with Crippen molar-refractivity contribution >= 4 is 17.3 Å². The molecule has 0 aliphatic heterocycles. The fourth-order valence-corrected chi connectivity index (χ4v) is 1.87. The number of nitrogens with two attached hydrogens (primary N) is 1. The molecule has 0 spiro atoms. The minimum Gasteiger partial charge on any atom is -0.398 e. The van der Waals surface area contributed by atoms with E-state index in [-0.39, 0.29) is 11.3 Å². The van der Waals surface area contributed by atoms with E-state index in [1.165, 1.54) is 17.7 Å². The van der Waals surface area contributed by atoms with Gasteiger partial charge in [0.2, 0.25) is 0 Å². The summed E-state index contributed by atoms with van der Waals surface area (Å²) in [6.07, 6.45) is 0. The molecule has 1 amide bonds. The molecule has 0 saturated carbocycles. The van der Waals surface area contributed by atoms with Crippen LogP contribution in [0.3, 0.4) is 0 Å². The zero-order chi connectivity index (χ0) is 14.7. The highest BCUT2D eigenvalue weighted by Gasteiger charge is 2.11. The number of carbonyl (C=O) groups excluding carboxylic acids is 1. The zero-order valence-electron chi connectivity index (χ0n) is 11.5. The second-order valence-electron chi connectivity index (χ2n) is 4.96. The van der Waals surface area contributed by atoms with Crippen molar-refractivity contribution in [3.8, 4) is 0 Å². The second-order valence-corrected chi connectivity index (χ2v) is 4.96. The summed E-state index contributed by atoms with van der Waals surface area (Å²) < 4.78 is 13.2. The summed E-state index contributed by atoms with van der Waals surface area (Å²) in [5.74, 6) is -0.475. The van der Waals surface area contributed by atoms with Crippen molar-refractivity contribution in [3.63, 3.8) is 0 Å². The molecule has 104 valence electrons. The molecule has 0 aromatic heterocycles. The average molecular weight is 272 g/mol. The first-order chi connectivity index (χ1) is 9.47. The third kappa shape index (κ3) is 3.15. The molecule has 2 aromatic rings. The van der Waals surface area contributed by atoms with Gasteiger partial charge in [-0.15, -0.1) is 0 Å². The van der Waals surface area contributed by atoms with Crippen LogP contribution in [0.5, 0.6) is 0 Å². The number of hydrogen-bond acceptors (Lipinski definition) is 2. The lowest BCUT2D eigenvalue weighted by Crippen LogP contribution is -2.14. The maximum atomic E-state index is 13.2. The summed E-state index contributed by atoms with van der Waals surface area (Å²) >= 11 is 0. The number of amides is 1. The molecule has 0 aliphatic carbocycles. The van der Waals surface area contributed by atoms with Gasteiger partial charge in [0, 0.05) is 11.4 Å². The summed E-state index contributed by atoms with van der Waals surface area (Å²) in [4.78, 5) is 12.0. The Bertz CT molecular complexity index is 621. The lowest BCUT2D eigenvalue weighted by atomic mass is 10.0. The zero-order valence-corrected chi connectivity index (χ0v) is 11.5. The Balaban J connectivity index is 2.17. The Kier molecular flexibility index (Phi) is 4.03. The number of halogens is 1. The van der Waals surface area contributed by atoms with Crippen molar-refractivity contribution in [1.29, 1.82) is 0 Å². The molecule has 0 aliphatic rings. The lowest BCUT2D eigenvalue weighted by Gasteiger charge is -2.09. The van der Waals surface area contributed by atoms with Crippen LogP contribution in [0.2, 0.25) is 0 Å². The number of hydrogen-bond donors (Lipinski definition) is 2. The van der Waals surface area contributed by atoms with Gasteiger partial charge in [0.05, 0.1) is 5.56 Å². The molecule has 3 nitrogen and oxygen atoms in total. The smallest absolute Gasteiger partial charge is 0.257 e. The summed E-state index contributed by atoms with van der Waals surface area (Å²) in [5, 5.41) is 2.71. The first kappa shape index (κ1) is 14.1. The van der Waals surface area contributed by atoms with E-state index in [0.717, 1.165) is 6.07 Å². The van der Waals surface area contributed by atoms with E-state index in [2.05, 4.69) is 19.2 Å². The molecule has 2 aromatic carbocycles. The largest absolute Gasteiger partial charge is 0.398 e. The van der Waals surface area contributed by atoms with E-state index < -0.39 is 11.7 Å². The van der Waals surface area contributed by atoms with Gasteiger partial charge in [-0.3, -0.25) is 4.79 Å². The van der Waals surface area contributed by atoms with Gasteiger partial charge in [0.1, 0.15) is 5.82 Å². The number of anilines is 2. The predicted octanol–water partition coefficient (Wildman–Crippen LogP) is 3.78. The van der Waals surface area contributed by atoms with E-state index in [4.69, 9.17) is 5.73 Å². The SMILES string of the molecule is CC(C)c1ccc(NC(=O)c2cc(F)ccc2N)cc1. The topological polar surface area (TPSA) is 55.1 Å². The number of nitrogens with one attached hydrogen (secondary N) is 1. The van der Waals surface area contributed by atoms with Gasteiger partial charge in [-0.05, 0) is 41.8 Å². The fourth-order valence-electron chi connectivity index (χ4n) is 1.87. The minimum absolute atomic E-state index is 0.137. The van der Waals surface area contributed by atoms with Crippen LogP contribution in [0.1, 0.15) is 35.7 Å². The van der Waals surface area contributed by atoms with Crippen LogP contribution in [0.15, 0.2) is 42.5 Å². The summed E-state index contributed by atoms with van der Waals surface area (Å²) in [6.45, 7) is 4.20. The normalized spacial score (nSPS) is 10.6. The monoisotopic (exact) mass is 272 g/mol. The molecule has 2 rings (SSSR count). The van der Waals surface area contributed by atoms with Crippen molar-refractivity contribution in [2.45, 2.75) is 19.8 Å². The Morgan fingerprint density at radius 2 is 1.80 bits per heavy atom. The van der Waals surface area contributed by atoms with Gasteiger partial charge in [-0.1, -0.05) is 26.0 Å². The van der Waals surface area contributed by atoms with Crippen LogP contribution in [0.25, 0.3) is 0 Å². The van der Waals surface area contributed by atoms with Crippen LogP contribution in [-0.2, 0) is 0 Å². The van der Waals surface area contributed by atoms with Gasteiger partial charge in [0.25, 0.3) is 5.91 Å². The van der Waals surface area contributed by atoms with Gasteiger partial charge in [-0.2, -0.15) is 0 Å². The predicted molar refractivity (Wildman–Crippen MR) is 79.3 cm³/mol. The maximum absolute atomic E-state index is 13.2. The molecule has 0 unspecified atom stereocenters. The highest BCUT2D eigenvalue weighted by atomic mass is 19.1. The Morgan fingerprint density at radius 3 is 2.40 bits per heavy atom. The van der Waals surface area contributed by atoms with Gasteiger partial charge in [0.15, 0.2) is 0 Å². The number of rotatable bonds is 3. The summed E-state index contributed by atoms with van der Waals surface area (Å²) in [5.41, 5.74) is 7.91. The van der Waals surface area contributed by atoms with E-state index in [1.54, 1.807) is 0 Å². The Labute approximate surface area is 117 Å². The van der Waals surface area contributed by atoms with Crippen LogP contribution in [-0.4, -0.2) is 5.91 Å². The van der Waals surface area contributed by atoms with Crippen molar-refractivity contribution in [2.75, 3.05) is 11.1 Å². The van der Waals surface area contributed by atoms with Crippen LogP contribution in [0.4, 0.5) is 15.8 Å². The lowest BCUT2D eigenvalue weighted by molar-refractivity contribution is 0.102. The number of benzene rings is 2. The molecule has 0 atom stereocenters. The third-order valence-corrected chi connectivity index (χ3v) is 3.10. The highest BCUT2D eigenvalue weighted by Crippen LogP contribution is 2.19. The van der Waals surface area contributed by atoms with E-state index >= 15 is 0 Å². The molecule has 0 saturated heterocycles. The number of carbonyl (C=O) groups is 1. The Morgan fingerprint density at radius 1 is 1.15 bits per heavy atom. The van der Waals surface area contributed by atoms with Gasteiger partial charge >= 0.3 is 0 Å². The van der Waals surface area contributed by atoms with Crippen molar-refractivity contribution in [2.24, 2.45) is 0 Å². The minimum atomic E-state index is -0.487. The van der Waals surface area contributed by atoms with E-state index in [1.807, 2.05) is 24.3 Å². The van der Waals surface area contributed by atoms with E-state index in [0.29, 0.717) is 11.6 Å². The average Bonchev–Trinajstić information content (AvgIpc) is 2.42. The van der Waals surface area contributed by atoms with Crippen LogP contribution < -0.4 is 11.1 Å². The van der Waals surface area contributed by atoms with Gasteiger partial charge in [-0.25, -0.2) is 4.39 Å². The highest BCUT2D eigenvalue weighted by molar-refractivity contribution is 6.07. The third-order valence-electron chi connectivity index (χ3n) is 3.10. The first-order valence-electron chi connectivity index (χ1n) is 6.43. The molecule has 3 N–H and O–H groups in total. The molecular formula is C16H17FN2O. The molecule has 0 bridgehead atoms. The molecule has 0 radical (unpaired) electrons. The Hall–Kier alpha value is -2.36. The van der Waals surface area contributed by atoms with Crippen molar-refractivity contribution in [3.05, 3.63) is 59.4 Å². The first-order valence-corrected chi connectivity index (χ1v) is 6.43. The standard InChI is InChI=1S/C16H17FN2O/c1-10(2)11-3-6-13(7-4-11)19-16(20)14-9-12(17)5-8-15(14)18/h3-10H,18H2,1-2H3,(H,19,20). The molecular weight excluding hydrogens is 255 g/mol. The van der Waals surface area contributed by atoms with Crippen LogP contribution >= 0.6 is 0 Å². The van der Waals surface area contributed by atoms with Crippen molar-refractivity contribution < 1.29 is 9.18 Å². The molecule has 0 fully saturated rings. The quantitative estimate of drug-likeness (QED) is 0.835. The summed E-state index contributed by atoms with van der Waals surface area (Å²) in [6, 6.07) is 11.3. The summed E-state index contributed by atoms with van der Waals surface area (Å²) in [7, 11) is 0. The van der Waals surface area contributed by atoms with E-state index in [9.17, 15) is 9.18 Å². The molecule has 4 heteroatoms. The maximum Gasteiger partial charge on any atom is 0.257 e. The molecule has 0 heterocycles. The molecule has 20 heavy (non-hydrogen) atoms. The van der Waals surface area contributed by atoms with Crippen LogP contribution in [0, 0.1) is 5.82 Å². The number of nitrogen functional groups attached to an aromatic ring is 1.